The van der Waals surface area contributed by atoms with E-state index in [-0.39, 0.29) is 0 Å². The first kappa shape index (κ1) is 14.1. The lowest BCUT2D eigenvalue weighted by molar-refractivity contribution is -0.140. The first-order chi connectivity index (χ1) is 8.82. The summed E-state index contributed by atoms with van der Waals surface area (Å²) in [6.07, 6.45) is -4.46. The predicted molar refractivity (Wildman–Crippen MR) is 73.3 cm³/mol. The zero-order valence-electron chi connectivity index (χ0n) is 10.4. The van der Waals surface area contributed by atoms with Crippen molar-refractivity contribution in [3.63, 3.8) is 0 Å². The van der Waals surface area contributed by atoms with Crippen molar-refractivity contribution in [2.24, 2.45) is 0 Å². The summed E-state index contributed by atoms with van der Waals surface area (Å²) in [4.78, 5) is 3.72. The number of nitrogens with zero attached hydrogens (tertiary/aromatic N) is 1. The summed E-state index contributed by atoms with van der Waals surface area (Å²) >= 11 is 3.28. The van der Waals surface area contributed by atoms with Crippen molar-refractivity contribution in [3.8, 4) is 0 Å². The van der Waals surface area contributed by atoms with E-state index in [9.17, 15) is 13.2 Å². The van der Waals surface area contributed by atoms with E-state index in [2.05, 4.69) is 26.2 Å². The van der Waals surface area contributed by atoms with Crippen LogP contribution in [-0.2, 0) is 6.18 Å². The van der Waals surface area contributed by atoms with Gasteiger partial charge in [0.15, 0.2) is 0 Å². The highest BCUT2D eigenvalue weighted by Gasteiger charge is 2.33. The highest BCUT2D eigenvalue weighted by molar-refractivity contribution is 9.10. The van der Waals surface area contributed by atoms with Gasteiger partial charge in [-0.25, -0.2) is 4.98 Å². The predicted octanol–water partition coefficient (Wildman–Crippen LogP) is 4.76. The number of hydrogen-bond acceptors (Lipinski definition) is 2. The van der Waals surface area contributed by atoms with E-state index in [1.807, 2.05) is 19.9 Å². The molecule has 0 aliphatic carbocycles. The molecule has 1 heterocycles. The summed E-state index contributed by atoms with van der Waals surface area (Å²) in [6, 6.07) is 4.63. The van der Waals surface area contributed by atoms with Crippen molar-refractivity contribution < 1.29 is 13.2 Å². The van der Waals surface area contributed by atoms with Crippen LogP contribution in [0.4, 0.5) is 18.9 Å². The van der Waals surface area contributed by atoms with Gasteiger partial charge in [0.1, 0.15) is 5.69 Å². The van der Waals surface area contributed by atoms with E-state index in [0.29, 0.717) is 27.6 Å². The van der Waals surface area contributed by atoms with Crippen molar-refractivity contribution in [3.05, 3.63) is 33.9 Å². The van der Waals surface area contributed by atoms with Crippen LogP contribution in [0, 0.1) is 6.92 Å². The molecule has 19 heavy (non-hydrogen) atoms. The fourth-order valence-electron chi connectivity index (χ4n) is 1.90. The van der Waals surface area contributed by atoms with E-state index in [0.717, 1.165) is 11.6 Å². The highest BCUT2D eigenvalue weighted by Crippen LogP contribution is 2.35. The molecule has 2 aromatic rings. The van der Waals surface area contributed by atoms with Crippen LogP contribution in [0.1, 0.15) is 18.2 Å². The summed E-state index contributed by atoms with van der Waals surface area (Å²) in [5.41, 5.74) is 0.834. The normalized spacial score (nSPS) is 11.9. The lowest BCUT2D eigenvalue weighted by atomic mass is 10.1. The Morgan fingerprint density at radius 2 is 1.95 bits per heavy atom. The van der Waals surface area contributed by atoms with Crippen LogP contribution in [-0.4, -0.2) is 11.5 Å². The van der Waals surface area contributed by atoms with Gasteiger partial charge in [-0.3, -0.25) is 0 Å². The molecule has 0 unspecified atom stereocenters. The van der Waals surface area contributed by atoms with Crippen molar-refractivity contribution >= 4 is 32.5 Å². The molecule has 6 heteroatoms. The number of aromatic nitrogens is 1. The van der Waals surface area contributed by atoms with Gasteiger partial charge in [-0.2, -0.15) is 13.2 Å². The SMILES string of the molecule is CCNc1cc(C(F)(F)F)nc2c(Br)cc(C)cc12. The average molecular weight is 333 g/mol. The first-order valence-corrected chi connectivity index (χ1v) is 6.54. The lowest BCUT2D eigenvalue weighted by Gasteiger charge is -2.14. The maximum Gasteiger partial charge on any atom is 0.433 e. The number of fused-ring (bicyclic) bond motifs is 1. The second kappa shape index (κ2) is 5.00. The quantitative estimate of drug-likeness (QED) is 0.857. The standard InChI is InChI=1S/C13H12BrF3N2/c1-3-18-10-6-11(13(15,16)17)19-12-8(10)4-7(2)5-9(12)14/h4-6H,3H2,1-2H3,(H,18,19). The molecule has 102 valence electrons. The van der Waals surface area contributed by atoms with Crippen molar-refractivity contribution in [2.45, 2.75) is 20.0 Å². The number of alkyl halides is 3. The monoisotopic (exact) mass is 332 g/mol. The molecule has 2 rings (SSSR count). The molecule has 0 amide bonds. The molecule has 0 spiro atoms. The van der Waals surface area contributed by atoms with Crippen molar-refractivity contribution in [1.29, 1.82) is 0 Å². The maximum atomic E-state index is 12.8. The smallest absolute Gasteiger partial charge is 0.385 e. The zero-order valence-corrected chi connectivity index (χ0v) is 12.0. The van der Waals surface area contributed by atoms with Gasteiger partial charge in [0.05, 0.1) is 5.52 Å². The molecule has 1 aromatic carbocycles. The third-order valence-electron chi connectivity index (χ3n) is 2.67. The number of rotatable bonds is 2. The fraction of sp³-hybridized carbons (Fsp3) is 0.308. The van der Waals surface area contributed by atoms with Crippen LogP contribution >= 0.6 is 15.9 Å². The van der Waals surface area contributed by atoms with Gasteiger partial charge in [0.25, 0.3) is 0 Å². The van der Waals surface area contributed by atoms with Gasteiger partial charge in [-0.15, -0.1) is 0 Å². The van der Waals surface area contributed by atoms with Crippen LogP contribution in [0.3, 0.4) is 0 Å². The zero-order chi connectivity index (χ0) is 14.2. The van der Waals surface area contributed by atoms with Gasteiger partial charge < -0.3 is 5.32 Å². The summed E-state index contributed by atoms with van der Waals surface area (Å²) in [5, 5.41) is 3.64. The molecular weight excluding hydrogens is 321 g/mol. The number of pyridine rings is 1. The molecule has 0 fully saturated rings. The Labute approximate surface area is 117 Å². The Bertz CT molecular complexity index is 623. The number of nitrogens with one attached hydrogen (secondary N) is 1. The van der Waals surface area contributed by atoms with E-state index in [4.69, 9.17) is 0 Å². The fourth-order valence-corrected chi connectivity index (χ4v) is 2.57. The molecule has 2 nitrogen and oxygen atoms in total. The lowest BCUT2D eigenvalue weighted by Crippen LogP contribution is -2.10. The van der Waals surface area contributed by atoms with Crippen LogP contribution in [0.25, 0.3) is 10.9 Å². The van der Waals surface area contributed by atoms with Crippen LogP contribution in [0.15, 0.2) is 22.7 Å². The molecule has 0 aliphatic rings. The summed E-state index contributed by atoms with van der Waals surface area (Å²) < 4.78 is 39.1. The third kappa shape index (κ3) is 2.83. The van der Waals surface area contributed by atoms with Gasteiger partial charge in [0, 0.05) is 22.1 Å². The minimum Gasteiger partial charge on any atom is -0.385 e. The van der Waals surface area contributed by atoms with Crippen molar-refractivity contribution in [2.75, 3.05) is 11.9 Å². The molecular formula is C13H12BrF3N2. The van der Waals surface area contributed by atoms with E-state index in [1.54, 1.807) is 6.07 Å². The van der Waals surface area contributed by atoms with Gasteiger partial charge >= 0.3 is 6.18 Å². The molecule has 0 radical (unpaired) electrons. The molecule has 0 atom stereocenters. The van der Waals surface area contributed by atoms with E-state index < -0.39 is 11.9 Å². The number of aryl methyl sites for hydroxylation is 1. The topological polar surface area (TPSA) is 24.9 Å². The first-order valence-electron chi connectivity index (χ1n) is 5.75. The average Bonchev–Trinajstić information content (AvgIpc) is 2.28. The number of halogens is 4. The molecule has 1 aromatic heterocycles. The van der Waals surface area contributed by atoms with Crippen LogP contribution < -0.4 is 5.32 Å². The van der Waals surface area contributed by atoms with E-state index >= 15 is 0 Å². The number of anilines is 1. The van der Waals surface area contributed by atoms with Crippen molar-refractivity contribution in [1.82, 2.24) is 4.98 Å². The Kier molecular flexibility index (Phi) is 3.71. The van der Waals surface area contributed by atoms with Gasteiger partial charge in [-0.1, -0.05) is 0 Å². The Morgan fingerprint density at radius 3 is 2.53 bits per heavy atom. The summed E-state index contributed by atoms with van der Waals surface area (Å²) in [7, 11) is 0. The summed E-state index contributed by atoms with van der Waals surface area (Å²) in [5.74, 6) is 0. The largest absolute Gasteiger partial charge is 0.433 e. The molecule has 0 aliphatic heterocycles. The van der Waals surface area contributed by atoms with Gasteiger partial charge in [0.2, 0.25) is 0 Å². The number of benzene rings is 1. The van der Waals surface area contributed by atoms with E-state index in [1.165, 1.54) is 0 Å². The van der Waals surface area contributed by atoms with Crippen LogP contribution in [0.5, 0.6) is 0 Å². The minimum atomic E-state index is -4.46. The molecule has 1 N–H and O–H groups in total. The Balaban J connectivity index is 2.79. The number of hydrogen-bond donors (Lipinski definition) is 1. The molecule has 0 saturated heterocycles. The second-order valence-corrected chi connectivity index (χ2v) is 5.08. The van der Waals surface area contributed by atoms with Crippen LogP contribution in [0.2, 0.25) is 0 Å². The highest BCUT2D eigenvalue weighted by atomic mass is 79.9. The third-order valence-corrected chi connectivity index (χ3v) is 3.27. The summed E-state index contributed by atoms with van der Waals surface area (Å²) in [6.45, 7) is 4.27. The van der Waals surface area contributed by atoms with Gasteiger partial charge in [-0.05, 0) is 53.5 Å². The molecule has 0 saturated carbocycles. The maximum absolute atomic E-state index is 12.8. The second-order valence-electron chi connectivity index (χ2n) is 4.23. The Morgan fingerprint density at radius 1 is 1.26 bits per heavy atom. The Hall–Kier alpha value is -1.30. The minimum absolute atomic E-state index is 0.316. The molecule has 0 bridgehead atoms.